The number of esters is 2. The highest BCUT2D eigenvalue weighted by Gasteiger charge is 2.25. The Morgan fingerprint density at radius 2 is 0.740 bits per heavy atom. The van der Waals surface area contributed by atoms with E-state index in [9.17, 15) is 19.5 Å². The van der Waals surface area contributed by atoms with Crippen molar-refractivity contribution in [3.8, 4) is 0 Å². The van der Waals surface area contributed by atoms with Crippen molar-refractivity contribution in [3.05, 3.63) is 48.6 Å². The summed E-state index contributed by atoms with van der Waals surface area (Å²) in [5.41, 5.74) is 0. The molecule has 0 aliphatic heterocycles. The molecule has 0 bridgehead atoms. The summed E-state index contributed by atoms with van der Waals surface area (Å²) >= 11 is 0. The number of rotatable bonds is 61. The van der Waals surface area contributed by atoms with Crippen LogP contribution < -0.4 is 0 Å². The Kier molecular flexibility index (Phi) is 57.3. The van der Waals surface area contributed by atoms with Crippen molar-refractivity contribution in [2.75, 3.05) is 47.5 Å². The van der Waals surface area contributed by atoms with E-state index in [2.05, 4.69) is 62.5 Å². The van der Waals surface area contributed by atoms with Gasteiger partial charge in [0.05, 0.1) is 34.4 Å². The predicted molar refractivity (Wildman–Crippen MR) is 327 cm³/mol. The van der Waals surface area contributed by atoms with Gasteiger partial charge >= 0.3 is 17.9 Å². The highest BCUT2D eigenvalue weighted by atomic mass is 16.7. The maximum atomic E-state index is 12.9. The zero-order chi connectivity index (χ0) is 56.2. The maximum absolute atomic E-state index is 12.9. The number of allylic oxidation sites excluding steroid dienone is 8. The molecule has 0 radical (unpaired) electrons. The molecule has 1 N–H and O–H groups in total. The van der Waals surface area contributed by atoms with Gasteiger partial charge in [-0.1, -0.05) is 294 Å². The molecular weight excluding hydrogens is 959 g/mol. The lowest BCUT2D eigenvalue weighted by atomic mass is 10.0. The fourth-order valence-electron chi connectivity index (χ4n) is 9.60. The normalized spacial score (nSPS) is 13.0. The van der Waals surface area contributed by atoms with Crippen LogP contribution in [0.25, 0.3) is 0 Å². The second-order valence-corrected chi connectivity index (χ2v) is 23.4. The zero-order valence-corrected chi connectivity index (χ0v) is 51.4. The van der Waals surface area contributed by atoms with E-state index in [1.54, 1.807) is 0 Å². The smallest absolute Gasteiger partial charge is 0.361 e. The van der Waals surface area contributed by atoms with E-state index in [1.807, 2.05) is 21.1 Å². The third kappa shape index (κ3) is 60.7. The molecule has 0 spiro atoms. The van der Waals surface area contributed by atoms with Crippen LogP contribution in [0.5, 0.6) is 0 Å². The molecule has 0 saturated heterocycles. The molecule has 0 aliphatic rings. The lowest BCUT2D eigenvalue weighted by molar-refractivity contribution is -0.870. The molecule has 450 valence electrons. The van der Waals surface area contributed by atoms with Crippen molar-refractivity contribution in [3.63, 3.8) is 0 Å². The molecule has 9 nitrogen and oxygen atoms in total. The first-order chi connectivity index (χ1) is 37.6. The van der Waals surface area contributed by atoms with E-state index in [4.69, 9.17) is 18.9 Å². The van der Waals surface area contributed by atoms with Crippen LogP contribution in [-0.2, 0) is 33.3 Å². The summed E-state index contributed by atoms with van der Waals surface area (Å²) < 4.78 is 22.9. The topological polar surface area (TPSA) is 108 Å². The molecule has 0 aliphatic carbocycles. The first-order valence-electron chi connectivity index (χ1n) is 32.8. The van der Waals surface area contributed by atoms with Crippen LogP contribution in [0.1, 0.15) is 309 Å². The number of carbonyl (C=O) groups excluding carboxylic acids is 2. The number of carbonyl (C=O) groups is 3. The molecule has 0 aromatic carbocycles. The van der Waals surface area contributed by atoms with Gasteiger partial charge in [-0.15, -0.1) is 0 Å². The van der Waals surface area contributed by atoms with Crippen LogP contribution in [0.2, 0.25) is 0 Å². The highest BCUT2D eigenvalue weighted by molar-refractivity contribution is 5.71. The van der Waals surface area contributed by atoms with Crippen LogP contribution in [0.3, 0.4) is 0 Å². The molecule has 0 rings (SSSR count). The number of carboxylic acid groups (broad SMARTS) is 1. The summed E-state index contributed by atoms with van der Waals surface area (Å²) in [5, 5.41) is 9.69. The molecule has 2 unspecified atom stereocenters. The van der Waals surface area contributed by atoms with Crippen molar-refractivity contribution in [1.82, 2.24) is 0 Å². The summed E-state index contributed by atoms with van der Waals surface area (Å²) in [5.74, 6) is -1.98. The van der Waals surface area contributed by atoms with Crippen LogP contribution in [-0.4, -0.2) is 87.4 Å². The van der Waals surface area contributed by atoms with Crippen molar-refractivity contribution < 1.29 is 42.9 Å². The Morgan fingerprint density at radius 3 is 1.10 bits per heavy atom. The largest absolute Gasteiger partial charge is 0.477 e. The molecule has 0 heterocycles. The molecular formula is C68H126NO8+. The highest BCUT2D eigenvalue weighted by Crippen LogP contribution is 2.18. The molecule has 0 aromatic rings. The van der Waals surface area contributed by atoms with Crippen molar-refractivity contribution in [1.29, 1.82) is 0 Å². The minimum absolute atomic E-state index is 0.176. The minimum Gasteiger partial charge on any atom is -0.477 e. The molecule has 0 fully saturated rings. The number of likely N-dealkylation sites (N-methyl/N-ethyl adjacent to an activating group) is 1. The van der Waals surface area contributed by atoms with E-state index in [1.165, 1.54) is 218 Å². The van der Waals surface area contributed by atoms with Gasteiger partial charge in [0.2, 0.25) is 0 Å². The van der Waals surface area contributed by atoms with Crippen LogP contribution in [0.15, 0.2) is 48.6 Å². The number of hydrogen-bond acceptors (Lipinski definition) is 7. The Morgan fingerprint density at radius 1 is 0.403 bits per heavy atom. The Balaban J connectivity index is 3.85. The number of ether oxygens (including phenoxy) is 4. The van der Waals surface area contributed by atoms with Crippen LogP contribution in [0, 0.1) is 0 Å². The molecule has 2 atom stereocenters. The average molecular weight is 1090 g/mol. The van der Waals surface area contributed by atoms with E-state index in [-0.39, 0.29) is 38.2 Å². The summed E-state index contributed by atoms with van der Waals surface area (Å²) in [4.78, 5) is 37.3. The van der Waals surface area contributed by atoms with Gasteiger partial charge in [-0.25, -0.2) is 4.79 Å². The first kappa shape index (κ1) is 74.2. The summed E-state index contributed by atoms with van der Waals surface area (Å²) in [6, 6.07) is 0. The minimum atomic E-state index is -1.50. The number of quaternary nitrogens is 1. The monoisotopic (exact) mass is 1080 g/mol. The standard InChI is InChI=1S/C68H125NO8/c1-6-8-10-12-14-16-18-19-20-21-22-23-24-25-26-27-28-29-30-31-32-33-34-35-36-37-38-39-40-41-42-43-44-45-46-47-49-51-53-55-57-59-66(71)77-64(63-76-68(67(72)73)74-61-60-69(3,4)5)62-75-65(70)58-56-54-52-50-48-17-15-13-11-9-7-2/h8,10,14,16,19-20,22-23,64,68H,6-7,9,11-13,15,17-18,21,24-63H2,1-5H3/p+1/b10-8-,16-14-,20-19-,23-22-. The summed E-state index contributed by atoms with van der Waals surface area (Å²) in [6.07, 6.45) is 72.5. The molecule has 77 heavy (non-hydrogen) atoms. The maximum Gasteiger partial charge on any atom is 0.361 e. The van der Waals surface area contributed by atoms with Crippen molar-refractivity contribution >= 4 is 17.9 Å². The zero-order valence-electron chi connectivity index (χ0n) is 51.4. The van der Waals surface area contributed by atoms with Gasteiger partial charge in [-0.3, -0.25) is 9.59 Å². The summed E-state index contributed by atoms with van der Waals surface area (Å²) in [6.45, 7) is 4.79. The van der Waals surface area contributed by atoms with E-state index in [0.29, 0.717) is 17.4 Å². The summed E-state index contributed by atoms with van der Waals surface area (Å²) in [7, 11) is 5.98. The quantitative estimate of drug-likeness (QED) is 0.0211. The van der Waals surface area contributed by atoms with Gasteiger partial charge < -0.3 is 28.5 Å². The first-order valence-corrected chi connectivity index (χ1v) is 32.8. The van der Waals surface area contributed by atoms with Crippen molar-refractivity contribution in [2.45, 2.75) is 322 Å². The van der Waals surface area contributed by atoms with Crippen molar-refractivity contribution in [2.24, 2.45) is 0 Å². The van der Waals surface area contributed by atoms with Crippen LogP contribution >= 0.6 is 0 Å². The van der Waals surface area contributed by atoms with Gasteiger partial charge in [0.15, 0.2) is 6.10 Å². The van der Waals surface area contributed by atoms with E-state index < -0.39 is 18.4 Å². The predicted octanol–water partition coefficient (Wildman–Crippen LogP) is 19.8. The van der Waals surface area contributed by atoms with Gasteiger partial charge in [0, 0.05) is 12.8 Å². The number of hydrogen-bond donors (Lipinski definition) is 1. The third-order valence-corrected chi connectivity index (χ3v) is 14.6. The second-order valence-electron chi connectivity index (χ2n) is 23.4. The van der Waals surface area contributed by atoms with Gasteiger partial charge in [0.25, 0.3) is 6.29 Å². The Bertz CT molecular complexity index is 1400. The molecule has 0 amide bonds. The Labute approximate surface area is 476 Å². The fraction of sp³-hybridized carbons (Fsp3) is 0.838. The lowest BCUT2D eigenvalue weighted by Crippen LogP contribution is -2.40. The number of nitrogens with zero attached hydrogens (tertiary/aromatic N) is 1. The second kappa shape index (κ2) is 59.4. The third-order valence-electron chi connectivity index (χ3n) is 14.6. The fourth-order valence-corrected chi connectivity index (χ4v) is 9.60. The van der Waals surface area contributed by atoms with Gasteiger partial charge in [-0.2, -0.15) is 0 Å². The average Bonchev–Trinajstić information content (AvgIpc) is 3.40. The van der Waals surface area contributed by atoms with Gasteiger partial charge in [-0.05, 0) is 51.4 Å². The van der Waals surface area contributed by atoms with Gasteiger partial charge in [0.1, 0.15) is 13.2 Å². The lowest BCUT2D eigenvalue weighted by Gasteiger charge is -2.25. The molecule has 9 heteroatoms. The SMILES string of the molecule is CC/C=C\C/C=C\C/C=C\C/C=C\CCCCCCCCCCCCCCCCCCCCCCCCCCCCCCC(=O)OC(COC(=O)CCCCCCCCCCCCC)COC(OCC[N+](C)(C)C)C(=O)O. The van der Waals surface area contributed by atoms with E-state index in [0.717, 1.165) is 64.2 Å². The number of unbranched alkanes of at least 4 members (excludes halogenated alkanes) is 38. The molecule has 0 saturated carbocycles. The number of aliphatic carboxylic acids is 1. The van der Waals surface area contributed by atoms with Crippen LogP contribution in [0.4, 0.5) is 0 Å². The number of carboxylic acids is 1. The van der Waals surface area contributed by atoms with E-state index >= 15 is 0 Å². The Hall–Kier alpha value is -2.75. The molecule has 0 aromatic heterocycles.